The van der Waals surface area contributed by atoms with Crippen LogP contribution in [0.5, 0.6) is 0 Å². The van der Waals surface area contributed by atoms with Crippen LogP contribution in [-0.2, 0) is 14.8 Å². The summed E-state index contributed by atoms with van der Waals surface area (Å²) in [6, 6.07) is 6.18. The molecule has 0 aliphatic heterocycles. The maximum Gasteiger partial charge on any atom is 0.277 e. The van der Waals surface area contributed by atoms with E-state index in [1.54, 1.807) is 19.1 Å². The van der Waals surface area contributed by atoms with E-state index in [-0.39, 0.29) is 10.8 Å². The van der Waals surface area contributed by atoms with E-state index in [1.807, 2.05) is 0 Å². The molecule has 0 bridgehead atoms. The standard InChI is InChI=1S/C19H26N4O4S2/c1-13(28-19-22-21-18(27-19)14-8-5-4-6-9-14)17(24)20-15-10-7-11-16(12-15)29(25,26)23(2)3/h7,10-14H,4-6,8-9H2,1-3H3,(H,20,24). The number of hydrogen-bond donors (Lipinski definition) is 1. The van der Waals surface area contributed by atoms with Crippen molar-refractivity contribution >= 4 is 33.4 Å². The molecule has 0 saturated heterocycles. The fourth-order valence-electron chi connectivity index (χ4n) is 3.18. The summed E-state index contributed by atoms with van der Waals surface area (Å²) in [5, 5.41) is 10.9. The molecule has 0 radical (unpaired) electrons. The van der Waals surface area contributed by atoms with Crippen molar-refractivity contribution in [1.82, 2.24) is 14.5 Å². The third-order valence-electron chi connectivity index (χ3n) is 4.90. The summed E-state index contributed by atoms with van der Waals surface area (Å²) >= 11 is 1.19. The van der Waals surface area contributed by atoms with Crippen LogP contribution in [0.15, 0.2) is 38.8 Å². The highest BCUT2D eigenvalue weighted by molar-refractivity contribution is 8.00. The third kappa shape index (κ3) is 5.37. The number of rotatable bonds is 7. The fourth-order valence-corrected chi connectivity index (χ4v) is 4.81. The number of sulfonamides is 1. The first-order chi connectivity index (χ1) is 13.8. The molecule has 1 amide bonds. The van der Waals surface area contributed by atoms with Crippen LogP contribution in [0, 0.1) is 0 Å². The van der Waals surface area contributed by atoms with Crippen LogP contribution >= 0.6 is 11.8 Å². The van der Waals surface area contributed by atoms with Crippen LogP contribution in [0.1, 0.15) is 50.8 Å². The summed E-state index contributed by atoms with van der Waals surface area (Å²) in [6.45, 7) is 1.74. The van der Waals surface area contributed by atoms with Gasteiger partial charge in [0.05, 0.1) is 10.1 Å². The van der Waals surface area contributed by atoms with Gasteiger partial charge in [-0.25, -0.2) is 12.7 Å². The molecule has 1 heterocycles. The van der Waals surface area contributed by atoms with E-state index in [4.69, 9.17) is 4.42 Å². The zero-order valence-corrected chi connectivity index (χ0v) is 18.4. The summed E-state index contributed by atoms with van der Waals surface area (Å²) in [7, 11) is -0.641. The molecule has 1 fully saturated rings. The zero-order chi connectivity index (χ0) is 21.0. The molecule has 29 heavy (non-hydrogen) atoms. The number of anilines is 1. The second-order valence-corrected chi connectivity index (χ2v) is 10.7. The summed E-state index contributed by atoms with van der Waals surface area (Å²) in [6.07, 6.45) is 5.73. The largest absolute Gasteiger partial charge is 0.416 e. The van der Waals surface area contributed by atoms with Crippen molar-refractivity contribution in [1.29, 1.82) is 0 Å². The minimum absolute atomic E-state index is 0.120. The topological polar surface area (TPSA) is 105 Å². The molecule has 158 valence electrons. The lowest BCUT2D eigenvalue weighted by atomic mass is 9.89. The van der Waals surface area contributed by atoms with E-state index in [0.717, 1.165) is 17.1 Å². The first kappa shape index (κ1) is 21.8. The molecule has 3 rings (SSSR count). The van der Waals surface area contributed by atoms with Gasteiger partial charge in [-0.1, -0.05) is 37.1 Å². The predicted octanol–water partition coefficient (Wildman–Crippen LogP) is 3.49. The summed E-state index contributed by atoms with van der Waals surface area (Å²) < 4.78 is 31.4. The molecule has 10 heteroatoms. The van der Waals surface area contributed by atoms with Gasteiger partial charge in [0.25, 0.3) is 5.22 Å². The van der Waals surface area contributed by atoms with E-state index >= 15 is 0 Å². The number of thioether (sulfide) groups is 1. The van der Waals surface area contributed by atoms with Gasteiger partial charge in [0.2, 0.25) is 21.8 Å². The van der Waals surface area contributed by atoms with Crippen LogP contribution < -0.4 is 5.32 Å². The molecule has 8 nitrogen and oxygen atoms in total. The number of nitrogens with zero attached hydrogens (tertiary/aromatic N) is 3. The number of hydrogen-bond acceptors (Lipinski definition) is 7. The molecule has 1 unspecified atom stereocenters. The van der Waals surface area contributed by atoms with Gasteiger partial charge < -0.3 is 9.73 Å². The lowest BCUT2D eigenvalue weighted by Crippen LogP contribution is -2.24. The molecule has 1 aromatic heterocycles. The summed E-state index contributed by atoms with van der Waals surface area (Å²) in [4.78, 5) is 12.7. The molecule has 1 N–H and O–H groups in total. The van der Waals surface area contributed by atoms with Gasteiger partial charge in [0.15, 0.2) is 0 Å². The van der Waals surface area contributed by atoms with Gasteiger partial charge in [0.1, 0.15) is 0 Å². The highest BCUT2D eigenvalue weighted by Crippen LogP contribution is 2.33. The van der Waals surface area contributed by atoms with E-state index in [2.05, 4.69) is 15.5 Å². The highest BCUT2D eigenvalue weighted by atomic mass is 32.2. The third-order valence-corrected chi connectivity index (χ3v) is 7.65. The Labute approximate surface area is 175 Å². The van der Waals surface area contributed by atoms with E-state index in [1.165, 1.54) is 57.3 Å². The number of aromatic nitrogens is 2. The Morgan fingerprint density at radius 1 is 1.24 bits per heavy atom. The van der Waals surface area contributed by atoms with Gasteiger partial charge in [0, 0.05) is 25.7 Å². The van der Waals surface area contributed by atoms with Crippen molar-refractivity contribution in [3.8, 4) is 0 Å². The normalized spacial score (nSPS) is 16.7. The number of benzene rings is 1. The van der Waals surface area contributed by atoms with Gasteiger partial charge in [-0.3, -0.25) is 4.79 Å². The second kappa shape index (κ2) is 9.27. The Balaban J connectivity index is 1.62. The molecular formula is C19H26N4O4S2. The molecule has 1 saturated carbocycles. The van der Waals surface area contributed by atoms with Crippen molar-refractivity contribution < 1.29 is 17.6 Å². The average Bonchev–Trinajstić information content (AvgIpc) is 3.17. The molecule has 0 spiro atoms. The average molecular weight is 439 g/mol. The van der Waals surface area contributed by atoms with E-state index in [9.17, 15) is 13.2 Å². The number of amides is 1. The van der Waals surface area contributed by atoms with Gasteiger partial charge in [-0.15, -0.1) is 10.2 Å². The second-order valence-electron chi connectivity index (χ2n) is 7.31. The maximum absolute atomic E-state index is 12.5. The summed E-state index contributed by atoms with van der Waals surface area (Å²) in [5.74, 6) is 0.698. The van der Waals surface area contributed by atoms with Gasteiger partial charge in [-0.05, 0) is 38.0 Å². The Bertz CT molecular complexity index is 953. The van der Waals surface area contributed by atoms with Crippen molar-refractivity contribution in [3.63, 3.8) is 0 Å². The lowest BCUT2D eigenvalue weighted by molar-refractivity contribution is -0.115. The molecular weight excluding hydrogens is 412 g/mol. The minimum Gasteiger partial charge on any atom is -0.416 e. The van der Waals surface area contributed by atoms with E-state index < -0.39 is 15.3 Å². The zero-order valence-electron chi connectivity index (χ0n) is 16.8. The van der Waals surface area contributed by atoms with Gasteiger partial charge in [-0.2, -0.15) is 0 Å². The maximum atomic E-state index is 12.5. The molecule has 1 aliphatic rings. The Kier molecular flexibility index (Phi) is 6.97. The van der Waals surface area contributed by atoms with Crippen LogP contribution in [-0.4, -0.2) is 48.2 Å². The quantitative estimate of drug-likeness (QED) is 0.660. The Hall–Kier alpha value is -1.91. The monoisotopic (exact) mass is 438 g/mol. The first-order valence-corrected chi connectivity index (χ1v) is 11.9. The van der Waals surface area contributed by atoms with Crippen molar-refractivity contribution in [2.24, 2.45) is 0 Å². The Morgan fingerprint density at radius 2 is 1.97 bits per heavy atom. The summed E-state index contributed by atoms with van der Waals surface area (Å²) in [5.41, 5.74) is 0.416. The van der Waals surface area contributed by atoms with Crippen molar-refractivity contribution in [3.05, 3.63) is 30.2 Å². The lowest BCUT2D eigenvalue weighted by Gasteiger charge is -2.17. The molecule has 1 aliphatic carbocycles. The van der Waals surface area contributed by atoms with Crippen LogP contribution in [0.2, 0.25) is 0 Å². The number of carbonyl (C=O) groups is 1. The molecule has 1 aromatic carbocycles. The molecule has 1 atom stereocenters. The van der Waals surface area contributed by atoms with Gasteiger partial charge >= 0.3 is 0 Å². The van der Waals surface area contributed by atoms with Crippen molar-refractivity contribution in [2.45, 2.75) is 60.3 Å². The predicted molar refractivity (Wildman–Crippen MR) is 111 cm³/mol. The first-order valence-electron chi connectivity index (χ1n) is 9.61. The minimum atomic E-state index is -3.57. The van der Waals surface area contributed by atoms with Crippen LogP contribution in [0.3, 0.4) is 0 Å². The number of nitrogens with one attached hydrogen (secondary N) is 1. The SMILES string of the molecule is CC(Sc1nnc(C2CCCCC2)o1)C(=O)Nc1cccc(S(=O)(=O)N(C)C)c1. The van der Waals surface area contributed by atoms with Crippen LogP contribution in [0.25, 0.3) is 0 Å². The fraction of sp³-hybridized carbons (Fsp3) is 0.526. The highest BCUT2D eigenvalue weighted by Gasteiger charge is 2.24. The smallest absolute Gasteiger partial charge is 0.277 e. The van der Waals surface area contributed by atoms with E-state index in [0.29, 0.717) is 22.7 Å². The Morgan fingerprint density at radius 3 is 2.66 bits per heavy atom. The van der Waals surface area contributed by atoms with Crippen molar-refractivity contribution in [2.75, 3.05) is 19.4 Å². The molecule has 2 aromatic rings. The number of carbonyl (C=O) groups excluding carboxylic acids is 1. The van der Waals surface area contributed by atoms with Crippen LogP contribution in [0.4, 0.5) is 5.69 Å².